The number of nitrogens with one attached hydrogen (secondary N) is 1. The summed E-state index contributed by atoms with van der Waals surface area (Å²) in [5.41, 5.74) is 0. The molecular weight excluding hydrogens is 935 g/mol. The average Bonchev–Trinajstić information content (AvgIpc) is 3.42. The number of allylic oxidation sites excluding steroid dienone is 5. The SMILES string of the molecule is CCCCCCCC/C=C\CCCCCCCCCC(=O)OCCCCCCCCCCCCCC/C=C\CCCCCCCCCCC(=O)NC(CO)C(O)/C=C/CCCCCCCCCCCCCCCCCC. The van der Waals surface area contributed by atoms with Crippen molar-refractivity contribution in [2.24, 2.45) is 0 Å². The molecular formula is C70H133NO5. The van der Waals surface area contributed by atoms with Crippen molar-refractivity contribution in [3.63, 3.8) is 0 Å². The number of unbranched alkanes of at least 4 members (excludes halogenated alkanes) is 49. The molecule has 0 saturated carbocycles. The lowest BCUT2D eigenvalue weighted by Gasteiger charge is -2.20. The lowest BCUT2D eigenvalue weighted by molar-refractivity contribution is -0.143. The first-order valence-electron chi connectivity index (χ1n) is 34.3. The van der Waals surface area contributed by atoms with E-state index in [0.29, 0.717) is 19.4 Å². The lowest BCUT2D eigenvalue weighted by atomic mass is 10.0. The Labute approximate surface area is 474 Å². The van der Waals surface area contributed by atoms with Crippen LogP contribution < -0.4 is 5.32 Å². The Hall–Kier alpha value is -1.92. The molecule has 0 fully saturated rings. The largest absolute Gasteiger partial charge is 0.466 e. The fourth-order valence-electron chi connectivity index (χ4n) is 10.6. The van der Waals surface area contributed by atoms with E-state index in [4.69, 9.17) is 4.74 Å². The van der Waals surface area contributed by atoms with Crippen molar-refractivity contribution < 1.29 is 24.5 Å². The van der Waals surface area contributed by atoms with Crippen LogP contribution in [0.2, 0.25) is 0 Å². The van der Waals surface area contributed by atoms with Crippen molar-refractivity contribution in [1.82, 2.24) is 5.32 Å². The van der Waals surface area contributed by atoms with Gasteiger partial charge in [0.2, 0.25) is 5.91 Å². The van der Waals surface area contributed by atoms with Crippen LogP contribution in [0.1, 0.15) is 373 Å². The van der Waals surface area contributed by atoms with Gasteiger partial charge in [-0.1, -0.05) is 314 Å². The minimum atomic E-state index is -0.848. The zero-order chi connectivity index (χ0) is 55.0. The highest BCUT2D eigenvalue weighted by molar-refractivity contribution is 5.76. The van der Waals surface area contributed by atoms with Gasteiger partial charge in [0, 0.05) is 12.8 Å². The molecule has 0 aliphatic carbocycles. The van der Waals surface area contributed by atoms with E-state index in [1.807, 2.05) is 6.08 Å². The molecule has 0 radical (unpaired) electrons. The first-order valence-corrected chi connectivity index (χ1v) is 34.3. The molecule has 2 unspecified atom stereocenters. The number of carbonyl (C=O) groups excluding carboxylic acids is 2. The van der Waals surface area contributed by atoms with Crippen LogP contribution in [0.5, 0.6) is 0 Å². The molecule has 0 aromatic rings. The number of aliphatic hydroxyl groups excluding tert-OH is 2. The Morgan fingerprint density at radius 3 is 0.934 bits per heavy atom. The van der Waals surface area contributed by atoms with Gasteiger partial charge in [-0.2, -0.15) is 0 Å². The molecule has 0 aromatic heterocycles. The van der Waals surface area contributed by atoms with Crippen LogP contribution in [0.25, 0.3) is 0 Å². The molecule has 0 bridgehead atoms. The highest BCUT2D eigenvalue weighted by atomic mass is 16.5. The van der Waals surface area contributed by atoms with E-state index in [9.17, 15) is 19.8 Å². The summed E-state index contributed by atoms with van der Waals surface area (Å²) in [5.74, 6) is -0.0609. The van der Waals surface area contributed by atoms with Gasteiger partial charge in [0.1, 0.15) is 0 Å². The zero-order valence-electron chi connectivity index (χ0n) is 51.3. The predicted octanol–water partition coefficient (Wildman–Crippen LogP) is 21.9. The Morgan fingerprint density at radius 2 is 0.618 bits per heavy atom. The van der Waals surface area contributed by atoms with Crippen molar-refractivity contribution in [1.29, 1.82) is 0 Å². The van der Waals surface area contributed by atoms with Gasteiger partial charge in [-0.3, -0.25) is 9.59 Å². The van der Waals surface area contributed by atoms with Gasteiger partial charge >= 0.3 is 5.97 Å². The van der Waals surface area contributed by atoms with Crippen LogP contribution >= 0.6 is 0 Å². The standard InChI is InChI=1S/C70H133NO5/c1-3-5-7-9-11-13-15-17-19-21-31-34-38-42-46-50-54-58-62-68(73)67(66-72)71-69(74)63-59-55-51-47-43-39-35-32-28-26-24-22-23-25-27-29-33-37-41-45-49-53-57-61-65-76-70(75)64-60-56-52-48-44-40-36-30-20-18-16-14-12-10-8-6-4-2/h18,20,24,26,58,62,67-68,72-73H,3-17,19,21-23,25,27-57,59-61,63-66H2,1-2H3,(H,71,74)/b20-18-,26-24-,62-58+. The summed E-state index contributed by atoms with van der Waals surface area (Å²) in [5, 5.41) is 23.2. The van der Waals surface area contributed by atoms with Crippen LogP contribution in [-0.2, 0) is 14.3 Å². The van der Waals surface area contributed by atoms with E-state index in [0.717, 1.165) is 44.9 Å². The van der Waals surface area contributed by atoms with Gasteiger partial charge in [-0.25, -0.2) is 0 Å². The fraction of sp³-hybridized carbons (Fsp3) is 0.886. The molecule has 3 N–H and O–H groups in total. The number of rotatable bonds is 64. The summed E-state index contributed by atoms with van der Waals surface area (Å²) in [6, 6.07) is -0.632. The monoisotopic (exact) mass is 1070 g/mol. The zero-order valence-corrected chi connectivity index (χ0v) is 51.3. The molecule has 0 heterocycles. The summed E-state index contributed by atoms with van der Waals surface area (Å²) in [6.07, 6.45) is 83.5. The Kier molecular flexibility index (Phi) is 63.9. The van der Waals surface area contributed by atoms with Crippen molar-refractivity contribution >= 4 is 11.9 Å². The lowest BCUT2D eigenvalue weighted by Crippen LogP contribution is -2.45. The molecule has 1 amide bonds. The van der Waals surface area contributed by atoms with Crippen molar-refractivity contribution in [3.05, 3.63) is 36.5 Å². The van der Waals surface area contributed by atoms with E-state index < -0.39 is 12.1 Å². The first-order chi connectivity index (χ1) is 37.5. The van der Waals surface area contributed by atoms with Crippen LogP contribution in [0.3, 0.4) is 0 Å². The van der Waals surface area contributed by atoms with Crippen LogP contribution in [0, 0.1) is 0 Å². The van der Waals surface area contributed by atoms with E-state index in [1.54, 1.807) is 6.08 Å². The Balaban J connectivity index is 3.42. The fourth-order valence-corrected chi connectivity index (χ4v) is 10.6. The van der Waals surface area contributed by atoms with Crippen molar-refractivity contribution in [2.45, 2.75) is 386 Å². The van der Waals surface area contributed by atoms with Crippen molar-refractivity contribution in [2.75, 3.05) is 13.2 Å². The molecule has 76 heavy (non-hydrogen) atoms. The van der Waals surface area contributed by atoms with E-state index in [1.165, 1.54) is 302 Å². The van der Waals surface area contributed by atoms with Crippen LogP contribution in [-0.4, -0.2) is 47.4 Å². The number of carbonyl (C=O) groups is 2. The molecule has 0 saturated heterocycles. The third kappa shape index (κ3) is 61.3. The van der Waals surface area contributed by atoms with Gasteiger partial charge in [-0.15, -0.1) is 0 Å². The Bertz CT molecular complexity index is 1230. The highest BCUT2D eigenvalue weighted by Crippen LogP contribution is 2.18. The van der Waals surface area contributed by atoms with Gasteiger partial charge in [0.15, 0.2) is 0 Å². The highest BCUT2D eigenvalue weighted by Gasteiger charge is 2.18. The predicted molar refractivity (Wildman–Crippen MR) is 333 cm³/mol. The second-order valence-electron chi connectivity index (χ2n) is 23.5. The molecule has 6 nitrogen and oxygen atoms in total. The molecule has 0 rings (SSSR count). The first kappa shape index (κ1) is 74.1. The maximum atomic E-state index is 12.5. The normalized spacial score (nSPS) is 12.7. The molecule has 0 aromatic carbocycles. The number of amides is 1. The Morgan fingerprint density at radius 1 is 0.355 bits per heavy atom. The van der Waals surface area contributed by atoms with Gasteiger partial charge in [0.05, 0.1) is 25.4 Å². The summed E-state index contributed by atoms with van der Waals surface area (Å²) in [7, 11) is 0. The van der Waals surface area contributed by atoms with E-state index in [-0.39, 0.29) is 18.5 Å². The molecule has 448 valence electrons. The molecule has 0 spiro atoms. The molecule has 0 aliphatic heterocycles. The maximum Gasteiger partial charge on any atom is 0.305 e. The minimum Gasteiger partial charge on any atom is -0.466 e. The number of aliphatic hydroxyl groups is 2. The van der Waals surface area contributed by atoms with Gasteiger partial charge in [-0.05, 0) is 83.5 Å². The summed E-state index contributed by atoms with van der Waals surface area (Å²) in [4.78, 5) is 24.6. The van der Waals surface area contributed by atoms with E-state index in [2.05, 4.69) is 43.5 Å². The second-order valence-corrected chi connectivity index (χ2v) is 23.5. The van der Waals surface area contributed by atoms with Gasteiger partial charge in [0.25, 0.3) is 0 Å². The summed E-state index contributed by atoms with van der Waals surface area (Å²) < 4.78 is 5.50. The van der Waals surface area contributed by atoms with Crippen LogP contribution in [0.15, 0.2) is 36.5 Å². The average molecular weight is 1070 g/mol. The summed E-state index contributed by atoms with van der Waals surface area (Å²) in [6.45, 7) is 4.92. The number of hydrogen-bond acceptors (Lipinski definition) is 5. The molecule has 2 atom stereocenters. The topological polar surface area (TPSA) is 95.9 Å². The smallest absolute Gasteiger partial charge is 0.305 e. The molecule has 0 aliphatic rings. The summed E-state index contributed by atoms with van der Waals surface area (Å²) >= 11 is 0. The third-order valence-corrected chi connectivity index (χ3v) is 15.9. The maximum absolute atomic E-state index is 12.5. The van der Waals surface area contributed by atoms with E-state index >= 15 is 0 Å². The number of hydrogen-bond donors (Lipinski definition) is 3. The quantitative estimate of drug-likeness (QED) is 0.0320. The third-order valence-electron chi connectivity index (χ3n) is 15.9. The van der Waals surface area contributed by atoms with Crippen LogP contribution in [0.4, 0.5) is 0 Å². The van der Waals surface area contributed by atoms with Gasteiger partial charge < -0.3 is 20.3 Å². The minimum absolute atomic E-state index is 0.00911. The van der Waals surface area contributed by atoms with Crippen molar-refractivity contribution in [3.8, 4) is 0 Å². The number of esters is 1. The molecule has 6 heteroatoms. The number of ether oxygens (including phenoxy) is 1. The second kappa shape index (κ2) is 65.6.